The Labute approximate surface area is 155 Å². The molecule has 2 N–H and O–H groups in total. The number of hydrogen-bond acceptors (Lipinski definition) is 2. The van der Waals surface area contributed by atoms with Gasteiger partial charge < -0.3 is 15.3 Å². The summed E-state index contributed by atoms with van der Waals surface area (Å²) in [5, 5.41) is 12.5. The average Bonchev–Trinajstić information content (AvgIpc) is 2.68. The Morgan fingerprint density at radius 1 is 1.12 bits per heavy atom. The molecule has 138 valence electrons. The molecule has 1 atom stereocenters. The summed E-state index contributed by atoms with van der Waals surface area (Å²) in [6.45, 7) is 5.70. The molecule has 1 aliphatic rings. The summed E-state index contributed by atoms with van der Waals surface area (Å²) < 4.78 is 0. The molecule has 1 fully saturated rings. The van der Waals surface area contributed by atoms with Crippen molar-refractivity contribution in [2.75, 3.05) is 13.1 Å². The summed E-state index contributed by atoms with van der Waals surface area (Å²) in [6.07, 6.45) is 2.94. The summed E-state index contributed by atoms with van der Waals surface area (Å²) in [6, 6.07) is 15.9. The predicted molar refractivity (Wildman–Crippen MR) is 104 cm³/mol. The largest absolute Gasteiger partial charge is 0.508 e. The number of amides is 2. The van der Waals surface area contributed by atoms with Gasteiger partial charge in [-0.15, -0.1) is 0 Å². The molecule has 1 aliphatic heterocycles. The third kappa shape index (κ3) is 4.37. The third-order valence-corrected chi connectivity index (χ3v) is 5.37. The number of carbonyl (C=O) groups excluding carboxylic acids is 1. The van der Waals surface area contributed by atoms with E-state index in [9.17, 15) is 9.90 Å². The number of nitrogens with zero attached hydrogens (tertiary/aromatic N) is 1. The van der Waals surface area contributed by atoms with E-state index in [1.165, 1.54) is 11.1 Å². The number of carbonyl (C=O) groups is 1. The van der Waals surface area contributed by atoms with E-state index in [4.69, 9.17) is 0 Å². The molecular weight excluding hydrogens is 324 g/mol. The van der Waals surface area contributed by atoms with Crippen LogP contribution in [0.5, 0.6) is 5.75 Å². The van der Waals surface area contributed by atoms with Crippen LogP contribution >= 0.6 is 0 Å². The lowest BCUT2D eigenvalue weighted by Crippen LogP contribution is -2.44. The maximum atomic E-state index is 12.6. The molecule has 4 heteroatoms. The Morgan fingerprint density at radius 2 is 1.73 bits per heavy atom. The van der Waals surface area contributed by atoms with Crippen LogP contribution in [-0.4, -0.2) is 29.1 Å². The first-order valence-electron chi connectivity index (χ1n) is 9.50. The van der Waals surface area contributed by atoms with Crippen LogP contribution in [0.25, 0.3) is 0 Å². The van der Waals surface area contributed by atoms with Crippen molar-refractivity contribution in [1.29, 1.82) is 0 Å². The molecule has 1 saturated heterocycles. The van der Waals surface area contributed by atoms with Crippen LogP contribution in [0.2, 0.25) is 0 Å². The van der Waals surface area contributed by atoms with Crippen LogP contribution in [0.3, 0.4) is 0 Å². The van der Waals surface area contributed by atoms with Crippen molar-refractivity contribution in [3.05, 3.63) is 65.2 Å². The number of urea groups is 1. The first-order valence-corrected chi connectivity index (χ1v) is 9.50. The van der Waals surface area contributed by atoms with E-state index in [-0.39, 0.29) is 12.1 Å². The van der Waals surface area contributed by atoms with Crippen molar-refractivity contribution in [1.82, 2.24) is 10.2 Å². The number of benzene rings is 2. The minimum Gasteiger partial charge on any atom is -0.508 e. The fourth-order valence-electron chi connectivity index (χ4n) is 3.56. The number of aryl methyl sites for hydroxylation is 1. The molecule has 2 aromatic rings. The highest BCUT2D eigenvalue weighted by atomic mass is 16.3. The van der Waals surface area contributed by atoms with Gasteiger partial charge in [0.2, 0.25) is 0 Å². The van der Waals surface area contributed by atoms with Crippen LogP contribution in [0, 0.1) is 0 Å². The SMILES string of the molecule is CCc1ccc(C(C)NC(=O)N2CCC(c3ccc(O)cc3)CC2)cc1. The highest BCUT2D eigenvalue weighted by Crippen LogP contribution is 2.29. The molecule has 0 radical (unpaired) electrons. The lowest BCUT2D eigenvalue weighted by Gasteiger charge is -2.33. The maximum Gasteiger partial charge on any atom is 0.317 e. The van der Waals surface area contributed by atoms with Crippen LogP contribution in [0.1, 0.15) is 55.3 Å². The summed E-state index contributed by atoms with van der Waals surface area (Å²) in [7, 11) is 0. The first-order chi connectivity index (χ1) is 12.6. The van der Waals surface area contributed by atoms with E-state index in [2.05, 4.69) is 36.5 Å². The van der Waals surface area contributed by atoms with E-state index >= 15 is 0 Å². The summed E-state index contributed by atoms with van der Waals surface area (Å²) in [5.74, 6) is 0.755. The number of phenolic OH excluding ortho intramolecular Hbond substituents is 1. The standard InChI is InChI=1S/C22H28N2O2/c1-3-17-4-6-18(7-5-17)16(2)23-22(26)24-14-12-20(13-15-24)19-8-10-21(25)11-9-19/h4-11,16,20,25H,3,12-15H2,1-2H3,(H,23,26). The van der Waals surface area contributed by atoms with Crippen molar-refractivity contribution >= 4 is 6.03 Å². The van der Waals surface area contributed by atoms with Gasteiger partial charge in [-0.3, -0.25) is 0 Å². The van der Waals surface area contributed by atoms with Gasteiger partial charge in [0.15, 0.2) is 0 Å². The van der Waals surface area contributed by atoms with Gasteiger partial charge in [-0.2, -0.15) is 0 Å². The Balaban J connectivity index is 1.52. The zero-order valence-electron chi connectivity index (χ0n) is 15.6. The van der Waals surface area contributed by atoms with Gasteiger partial charge in [0, 0.05) is 13.1 Å². The Hall–Kier alpha value is -2.49. The monoisotopic (exact) mass is 352 g/mol. The van der Waals surface area contributed by atoms with Crippen molar-refractivity contribution in [3.63, 3.8) is 0 Å². The number of piperidine rings is 1. The smallest absolute Gasteiger partial charge is 0.317 e. The summed E-state index contributed by atoms with van der Waals surface area (Å²) in [5.41, 5.74) is 3.69. The highest BCUT2D eigenvalue weighted by molar-refractivity contribution is 5.74. The fraction of sp³-hybridized carbons (Fsp3) is 0.409. The van der Waals surface area contributed by atoms with Gasteiger partial charge in [-0.05, 0) is 60.9 Å². The maximum absolute atomic E-state index is 12.6. The summed E-state index contributed by atoms with van der Waals surface area (Å²) in [4.78, 5) is 14.5. The molecule has 26 heavy (non-hydrogen) atoms. The molecule has 4 nitrogen and oxygen atoms in total. The van der Waals surface area contributed by atoms with Gasteiger partial charge in [-0.25, -0.2) is 4.79 Å². The lowest BCUT2D eigenvalue weighted by atomic mass is 9.89. The van der Waals surface area contributed by atoms with Crippen LogP contribution < -0.4 is 5.32 Å². The molecular formula is C22H28N2O2. The second-order valence-electron chi connectivity index (χ2n) is 7.12. The Kier molecular flexibility index (Phi) is 5.82. The molecule has 2 aromatic carbocycles. The van der Waals surface area contributed by atoms with Crippen LogP contribution in [-0.2, 0) is 6.42 Å². The normalized spacial score (nSPS) is 16.3. The number of rotatable bonds is 4. The van der Waals surface area contributed by atoms with Gasteiger partial charge in [0.25, 0.3) is 0 Å². The Bertz CT molecular complexity index is 717. The topological polar surface area (TPSA) is 52.6 Å². The first kappa shape index (κ1) is 18.3. The average molecular weight is 352 g/mol. The molecule has 2 amide bonds. The second kappa shape index (κ2) is 8.26. The van der Waals surface area contributed by atoms with Crippen molar-refractivity contribution < 1.29 is 9.90 Å². The van der Waals surface area contributed by atoms with Gasteiger partial charge in [-0.1, -0.05) is 43.3 Å². The van der Waals surface area contributed by atoms with Crippen molar-refractivity contribution in [2.45, 2.75) is 45.1 Å². The molecule has 0 aliphatic carbocycles. The number of phenols is 1. The predicted octanol–water partition coefficient (Wildman–Crippen LogP) is 4.60. The molecule has 1 heterocycles. The Morgan fingerprint density at radius 3 is 2.31 bits per heavy atom. The number of aromatic hydroxyl groups is 1. The van der Waals surface area contributed by atoms with E-state index in [0.717, 1.165) is 37.9 Å². The minimum atomic E-state index is 0.00299. The number of nitrogens with one attached hydrogen (secondary N) is 1. The zero-order valence-corrected chi connectivity index (χ0v) is 15.6. The molecule has 0 saturated carbocycles. The zero-order chi connectivity index (χ0) is 18.5. The van der Waals surface area contributed by atoms with Gasteiger partial charge >= 0.3 is 6.03 Å². The van der Waals surface area contributed by atoms with E-state index in [1.54, 1.807) is 12.1 Å². The summed E-state index contributed by atoms with van der Waals surface area (Å²) >= 11 is 0. The molecule has 0 aromatic heterocycles. The van der Waals surface area contributed by atoms with Crippen molar-refractivity contribution in [3.8, 4) is 5.75 Å². The minimum absolute atomic E-state index is 0.00299. The van der Waals surface area contributed by atoms with Gasteiger partial charge in [0.05, 0.1) is 6.04 Å². The lowest BCUT2D eigenvalue weighted by molar-refractivity contribution is 0.178. The molecule has 0 bridgehead atoms. The number of hydrogen-bond donors (Lipinski definition) is 2. The fourth-order valence-corrected chi connectivity index (χ4v) is 3.56. The van der Waals surface area contributed by atoms with E-state index in [1.807, 2.05) is 24.0 Å². The third-order valence-electron chi connectivity index (χ3n) is 5.37. The number of likely N-dealkylation sites (tertiary alicyclic amines) is 1. The van der Waals surface area contributed by atoms with Crippen molar-refractivity contribution in [2.24, 2.45) is 0 Å². The molecule has 1 unspecified atom stereocenters. The molecule has 3 rings (SSSR count). The quantitative estimate of drug-likeness (QED) is 0.844. The van der Waals surface area contributed by atoms with E-state index in [0.29, 0.717) is 11.7 Å². The second-order valence-corrected chi connectivity index (χ2v) is 7.12. The van der Waals surface area contributed by atoms with E-state index < -0.39 is 0 Å². The van der Waals surface area contributed by atoms with Crippen LogP contribution in [0.15, 0.2) is 48.5 Å². The highest BCUT2D eigenvalue weighted by Gasteiger charge is 2.24. The van der Waals surface area contributed by atoms with Gasteiger partial charge in [0.1, 0.15) is 5.75 Å². The molecule has 0 spiro atoms. The van der Waals surface area contributed by atoms with Crippen LogP contribution in [0.4, 0.5) is 4.79 Å².